The van der Waals surface area contributed by atoms with Crippen molar-refractivity contribution in [3.05, 3.63) is 134 Å². The van der Waals surface area contributed by atoms with Crippen LogP contribution >= 0.6 is 0 Å². The van der Waals surface area contributed by atoms with E-state index in [1.165, 1.54) is 128 Å². The summed E-state index contributed by atoms with van der Waals surface area (Å²) in [5.41, 5.74) is 0. The molecule has 0 saturated heterocycles. The summed E-state index contributed by atoms with van der Waals surface area (Å²) in [6, 6.07) is 0. The molecule has 6 nitrogen and oxygen atoms in total. The quantitative estimate of drug-likeness (QED) is 0.0261. The summed E-state index contributed by atoms with van der Waals surface area (Å²) in [6.45, 7) is 6.45. The van der Waals surface area contributed by atoms with Crippen LogP contribution in [-0.2, 0) is 28.6 Å². The third-order valence-corrected chi connectivity index (χ3v) is 14.1. The molecule has 0 aliphatic carbocycles. The second kappa shape index (κ2) is 68.1. The Morgan fingerprint density at radius 3 is 0.802 bits per heavy atom. The van der Waals surface area contributed by atoms with E-state index in [9.17, 15) is 14.4 Å². The number of esters is 3. The van der Waals surface area contributed by atoms with Gasteiger partial charge in [-0.3, -0.25) is 14.4 Å². The SMILES string of the molecule is CC/C=C\C/C=C\C/C=C\C/C=C\C/C=C\C/C=C\CCCCC(=O)OC(COC(=O)CCCCCCC/C=C\C/C=C\CCCCC)COC(=O)CCCCCCCCCCCCCC/C=C\C/C=C\C/C=C\CCCCCCC. The standard InChI is InChI=1S/C75H124O6/c1-4-7-10-13-16-19-22-25-28-30-32-34-35-36-37-38-39-41-42-44-47-50-53-56-59-62-65-68-74(77)80-71-72(70-79-73(76)67-64-61-58-55-52-49-46-27-24-21-18-15-12-9-6-3)81-75(78)69-66-63-60-57-54-51-48-45-43-40-33-31-29-26-23-20-17-14-11-8-5-2/h8,11,17-18,20-22,25-27,29-30,32-33,35-36,40,45-46,48,54,57,72H,4-7,9-10,12-16,19,23-24,28,31,34,37-39,41-44,47,49-53,55-56,58-71H2,1-3H3/b11-8-,20-17-,21-18-,25-22-,29-26-,32-30-,36-35-,40-33-,46-27-,48-45-,57-54-. The molecule has 0 aliphatic rings. The Hall–Kier alpha value is -4.45. The lowest BCUT2D eigenvalue weighted by molar-refractivity contribution is -0.167. The van der Waals surface area contributed by atoms with Crippen molar-refractivity contribution in [3.8, 4) is 0 Å². The summed E-state index contributed by atoms with van der Waals surface area (Å²) >= 11 is 0. The fraction of sp³-hybridized carbons (Fsp3) is 0.667. The third kappa shape index (κ3) is 66.2. The van der Waals surface area contributed by atoms with Crippen molar-refractivity contribution in [2.45, 2.75) is 309 Å². The molecule has 0 fully saturated rings. The van der Waals surface area contributed by atoms with Crippen LogP contribution in [0.1, 0.15) is 303 Å². The topological polar surface area (TPSA) is 78.9 Å². The van der Waals surface area contributed by atoms with Crippen molar-refractivity contribution in [2.24, 2.45) is 0 Å². The maximum atomic E-state index is 12.9. The minimum Gasteiger partial charge on any atom is -0.462 e. The molecular formula is C75H124O6. The first-order valence-corrected chi connectivity index (χ1v) is 33.7. The molecule has 81 heavy (non-hydrogen) atoms. The Bertz CT molecular complexity index is 1720. The van der Waals surface area contributed by atoms with E-state index >= 15 is 0 Å². The molecule has 0 aliphatic heterocycles. The van der Waals surface area contributed by atoms with Crippen molar-refractivity contribution < 1.29 is 28.6 Å². The van der Waals surface area contributed by atoms with Crippen molar-refractivity contribution in [2.75, 3.05) is 13.2 Å². The molecule has 0 radical (unpaired) electrons. The first-order valence-electron chi connectivity index (χ1n) is 33.7. The summed E-state index contributed by atoms with van der Waals surface area (Å²) in [6.07, 6.45) is 96.1. The molecule has 0 saturated carbocycles. The van der Waals surface area contributed by atoms with Crippen LogP contribution in [0.15, 0.2) is 134 Å². The van der Waals surface area contributed by atoms with Gasteiger partial charge in [0.15, 0.2) is 6.10 Å². The lowest BCUT2D eigenvalue weighted by Gasteiger charge is -2.18. The molecule has 0 bridgehead atoms. The van der Waals surface area contributed by atoms with Crippen LogP contribution < -0.4 is 0 Å². The third-order valence-electron chi connectivity index (χ3n) is 14.1. The summed E-state index contributed by atoms with van der Waals surface area (Å²) in [4.78, 5) is 38.4. The molecular weight excluding hydrogens is 997 g/mol. The molecule has 460 valence electrons. The van der Waals surface area contributed by atoms with Gasteiger partial charge in [-0.05, 0) is 141 Å². The van der Waals surface area contributed by atoms with Crippen LogP contribution in [0, 0.1) is 0 Å². The number of carbonyl (C=O) groups is 3. The van der Waals surface area contributed by atoms with Crippen LogP contribution in [0.25, 0.3) is 0 Å². The van der Waals surface area contributed by atoms with Crippen LogP contribution in [0.2, 0.25) is 0 Å². The van der Waals surface area contributed by atoms with E-state index in [-0.39, 0.29) is 37.5 Å². The molecule has 0 N–H and O–H groups in total. The lowest BCUT2D eigenvalue weighted by atomic mass is 10.0. The Labute approximate surface area is 500 Å². The van der Waals surface area contributed by atoms with E-state index < -0.39 is 6.10 Å². The summed E-state index contributed by atoms with van der Waals surface area (Å²) in [5, 5.41) is 0. The molecule has 1 atom stereocenters. The largest absolute Gasteiger partial charge is 0.462 e. The van der Waals surface area contributed by atoms with Gasteiger partial charge in [-0.15, -0.1) is 0 Å². The molecule has 0 rings (SSSR count). The zero-order valence-corrected chi connectivity index (χ0v) is 52.8. The second-order valence-electron chi connectivity index (χ2n) is 22.0. The first kappa shape index (κ1) is 76.5. The van der Waals surface area contributed by atoms with Gasteiger partial charge in [0.25, 0.3) is 0 Å². The molecule has 0 amide bonds. The highest BCUT2D eigenvalue weighted by atomic mass is 16.6. The van der Waals surface area contributed by atoms with Crippen LogP contribution in [0.4, 0.5) is 0 Å². The van der Waals surface area contributed by atoms with Crippen molar-refractivity contribution >= 4 is 17.9 Å². The average Bonchev–Trinajstić information content (AvgIpc) is 3.47. The highest BCUT2D eigenvalue weighted by molar-refractivity contribution is 5.71. The maximum Gasteiger partial charge on any atom is 0.306 e. The molecule has 0 aromatic rings. The van der Waals surface area contributed by atoms with Crippen molar-refractivity contribution in [1.29, 1.82) is 0 Å². The van der Waals surface area contributed by atoms with Gasteiger partial charge in [0.2, 0.25) is 0 Å². The van der Waals surface area contributed by atoms with E-state index in [0.717, 1.165) is 128 Å². The predicted molar refractivity (Wildman–Crippen MR) is 353 cm³/mol. The Balaban J connectivity index is 4.42. The highest BCUT2D eigenvalue weighted by Crippen LogP contribution is 2.15. The Morgan fingerprint density at radius 1 is 0.259 bits per heavy atom. The maximum absolute atomic E-state index is 12.9. The van der Waals surface area contributed by atoms with Crippen molar-refractivity contribution in [3.63, 3.8) is 0 Å². The number of ether oxygens (including phenoxy) is 3. The summed E-state index contributed by atoms with van der Waals surface area (Å²) in [7, 11) is 0. The van der Waals surface area contributed by atoms with Gasteiger partial charge in [0, 0.05) is 19.3 Å². The van der Waals surface area contributed by atoms with E-state index in [1.54, 1.807) is 0 Å². The Morgan fingerprint density at radius 2 is 0.481 bits per heavy atom. The highest BCUT2D eigenvalue weighted by Gasteiger charge is 2.19. The van der Waals surface area contributed by atoms with Gasteiger partial charge < -0.3 is 14.2 Å². The molecule has 6 heteroatoms. The fourth-order valence-electron chi connectivity index (χ4n) is 9.07. The van der Waals surface area contributed by atoms with Gasteiger partial charge in [-0.25, -0.2) is 0 Å². The fourth-order valence-corrected chi connectivity index (χ4v) is 9.07. The van der Waals surface area contributed by atoms with E-state index in [4.69, 9.17) is 14.2 Å². The number of carbonyl (C=O) groups excluding carboxylic acids is 3. The number of allylic oxidation sites excluding steroid dienone is 22. The van der Waals surface area contributed by atoms with Gasteiger partial charge >= 0.3 is 17.9 Å². The minimum absolute atomic E-state index is 0.104. The number of rotatable bonds is 60. The van der Waals surface area contributed by atoms with Crippen LogP contribution in [0.5, 0.6) is 0 Å². The van der Waals surface area contributed by atoms with Crippen LogP contribution in [-0.4, -0.2) is 37.2 Å². The molecule has 1 unspecified atom stereocenters. The van der Waals surface area contributed by atoms with E-state index in [0.29, 0.717) is 19.3 Å². The zero-order valence-electron chi connectivity index (χ0n) is 52.8. The van der Waals surface area contributed by atoms with Gasteiger partial charge in [-0.1, -0.05) is 276 Å². The summed E-state index contributed by atoms with van der Waals surface area (Å²) in [5.74, 6) is -0.960. The molecule has 0 heterocycles. The number of unbranched alkanes of at least 4 members (excludes halogenated alkanes) is 27. The zero-order chi connectivity index (χ0) is 58.5. The Kier molecular flexibility index (Phi) is 64.3. The lowest BCUT2D eigenvalue weighted by Crippen LogP contribution is -2.30. The van der Waals surface area contributed by atoms with E-state index in [2.05, 4.69) is 154 Å². The monoisotopic (exact) mass is 1120 g/mol. The normalized spacial score (nSPS) is 13.0. The first-order chi connectivity index (χ1) is 40.0. The molecule has 0 aromatic heterocycles. The smallest absolute Gasteiger partial charge is 0.306 e. The van der Waals surface area contributed by atoms with Crippen molar-refractivity contribution in [1.82, 2.24) is 0 Å². The predicted octanol–water partition coefficient (Wildman–Crippen LogP) is 23.3. The molecule has 0 aromatic carbocycles. The minimum atomic E-state index is -0.814. The van der Waals surface area contributed by atoms with Gasteiger partial charge in [0.1, 0.15) is 13.2 Å². The van der Waals surface area contributed by atoms with Gasteiger partial charge in [0.05, 0.1) is 0 Å². The summed E-state index contributed by atoms with van der Waals surface area (Å²) < 4.78 is 16.9. The number of hydrogen-bond acceptors (Lipinski definition) is 6. The average molecular weight is 1120 g/mol. The van der Waals surface area contributed by atoms with Gasteiger partial charge in [-0.2, -0.15) is 0 Å². The van der Waals surface area contributed by atoms with E-state index in [1.807, 2.05) is 0 Å². The second-order valence-corrected chi connectivity index (χ2v) is 22.0. The number of hydrogen-bond donors (Lipinski definition) is 0. The molecule has 0 spiro atoms. The van der Waals surface area contributed by atoms with Crippen LogP contribution in [0.3, 0.4) is 0 Å².